The molecule has 0 rings (SSSR count). The van der Waals surface area contributed by atoms with Crippen LogP contribution in [0.3, 0.4) is 0 Å². The Hall–Kier alpha value is -0.570. The van der Waals surface area contributed by atoms with E-state index in [2.05, 4.69) is 5.32 Å². The van der Waals surface area contributed by atoms with E-state index in [-0.39, 0.29) is 11.8 Å². The quantitative estimate of drug-likeness (QED) is 0.697. The van der Waals surface area contributed by atoms with Crippen LogP contribution < -0.4 is 5.32 Å². The summed E-state index contributed by atoms with van der Waals surface area (Å²) < 4.78 is 0. The fourth-order valence-electron chi connectivity index (χ4n) is 1.20. The van der Waals surface area contributed by atoms with Crippen LogP contribution in [0, 0.1) is 5.92 Å². The first kappa shape index (κ1) is 12.4. The lowest BCUT2D eigenvalue weighted by Gasteiger charge is -2.26. The monoisotopic (exact) mass is 186 g/mol. The molecule has 1 amide bonds. The smallest absolute Gasteiger partial charge is 0.226 e. The predicted octanol–water partition coefficient (Wildman–Crippen LogP) is 1.10. The zero-order chi connectivity index (χ0) is 10.4. The zero-order valence-corrected chi connectivity index (χ0v) is 9.42. The van der Waals surface area contributed by atoms with Gasteiger partial charge in [0.25, 0.3) is 0 Å². The third kappa shape index (κ3) is 3.77. The molecule has 1 unspecified atom stereocenters. The van der Waals surface area contributed by atoms with E-state index >= 15 is 0 Å². The zero-order valence-electron chi connectivity index (χ0n) is 9.42. The highest BCUT2D eigenvalue weighted by atomic mass is 16.2. The number of carbonyl (C=O) groups is 1. The summed E-state index contributed by atoms with van der Waals surface area (Å²) in [7, 11) is 3.75. The molecule has 0 heterocycles. The normalized spacial score (nSPS) is 13.1. The molecule has 0 aromatic carbocycles. The minimum atomic E-state index is 0.123. The molecule has 0 bridgehead atoms. The molecule has 0 aromatic heterocycles. The molecular formula is C10H22N2O. The van der Waals surface area contributed by atoms with Gasteiger partial charge in [0, 0.05) is 19.6 Å². The van der Waals surface area contributed by atoms with Crippen LogP contribution in [-0.2, 0) is 4.79 Å². The van der Waals surface area contributed by atoms with Gasteiger partial charge in [0.15, 0.2) is 0 Å². The average molecular weight is 186 g/mol. The number of hydrogen-bond donors (Lipinski definition) is 1. The molecule has 78 valence electrons. The van der Waals surface area contributed by atoms with Gasteiger partial charge in [-0.3, -0.25) is 4.79 Å². The highest BCUT2D eigenvalue weighted by Crippen LogP contribution is 2.07. The maximum atomic E-state index is 11.8. The molecule has 0 spiro atoms. The number of hydrogen-bond acceptors (Lipinski definition) is 2. The number of nitrogens with one attached hydrogen (secondary N) is 1. The Bertz CT molecular complexity index is 157. The van der Waals surface area contributed by atoms with Gasteiger partial charge in [0.1, 0.15) is 0 Å². The van der Waals surface area contributed by atoms with Crippen molar-refractivity contribution in [3.8, 4) is 0 Å². The Morgan fingerprint density at radius 3 is 2.31 bits per heavy atom. The number of rotatable bonds is 5. The molecule has 0 saturated carbocycles. The second-order valence-corrected chi connectivity index (χ2v) is 3.71. The van der Waals surface area contributed by atoms with E-state index in [1.165, 1.54) is 0 Å². The predicted molar refractivity (Wildman–Crippen MR) is 55.6 cm³/mol. The van der Waals surface area contributed by atoms with E-state index < -0.39 is 0 Å². The van der Waals surface area contributed by atoms with Crippen LogP contribution in [0.25, 0.3) is 0 Å². The minimum absolute atomic E-state index is 0.123. The molecular weight excluding hydrogens is 164 g/mol. The molecule has 0 radical (unpaired) electrons. The molecule has 0 aliphatic rings. The Labute approximate surface area is 81.5 Å². The van der Waals surface area contributed by atoms with Crippen molar-refractivity contribution in [2.45, 2.75) is 33.2 Å². The van der Waals surface area contributed by atoms with Gasteiger partial charge in [-0.15, -0.1) is 0 Å². The minimum Gasteiger partial charge on any atom is -0.343 e. The summed E-state index contributed by atoms with van der Waals surface area (Å²) >= 11 is 0. The summed E-state index contributed by atoms with van der Waals surface area (Å²) in [5, 5.41) is 3.05. The Morgan fingerprint density at radius 1 is 1.46 bits per heavy atom. The number of amides is 1. The highest BCUT2D eigenvalue weighted by Gasteiger charge is 2.20. The van der Waals surface area contributed by atoms with Crippen molar-refractivity contribution < 1.29 is 4.79 Å². The molecule has 0 aliphatic carbocycles. The lowest BCUT2D eigenvalue weighted by atomic mass is 10.0. The Kier molecular flexibility index (Phi) is 5.71. The summed E-state index contributed by atoms with van der Waals surface area (Å²) in [5.74, 6) is 0.365. The summed E-state index contributed by atoms with van der Waals surface area (Å²) in [4.78, 5) is 13.6. The molecule has 1 atom stereocenters. The second kappa shape index (κ2) is 5.97. The first-order valence-corrected chi connectivity index (χ1v) is 4.95. The molecule has 0 fully saturated rings. The van der Waals surface area contributed by atoms with Crippen molar-refractivity contribution in [3.63, 3.8) is 0 Å². The third-order valence-electron chi connectivity index (χ3n) is 2.41. The molecule has 3 heteroatoms. The lowest BCUT2D eigenvalue weighted by Crippen LogP contribution is -2.40. The van der Waals surface area contributed by atoms with Gasteiger partial charge in [-0.1, -0.05) is 6.92 Å². The van der Waals surface area contributed by atoms with Crippen LogP contribution in [-0.4, -0.2) is 37.5 Å². The number of nitrogens with zero attached hydrogens (tertiary/aromatic N) is 1. The topological polar surface area (TPSA) is 32.3 Å². The molecule has 3 nitrogen and oxygen atoms in total. The van der Waals surface area contributed by atoms with E-state index in [9.17, 15) is 4.79 Å². The van der Waals surface area contributed by atoms with Crippen molar-refractivity contribution in [1.29, 1.82) is 0 Å². The molecule has 0 aliphatic heterocycles. The van der Waals surface area contributed by atoms with Gasteiger partial charge >= 0.3 is 0 Å². The fourth-order valence-corrected chi connectivity index (χ4v) is 1.20. The van der Waals surface area contributed by atoms with Crippen LogP contribution in [0.2, 0.25) is 0 Å². The van der Waals surface area contributed by atoms with E-state index in [1.807, 2.05) is 39.8 Å². The van der Waals surface area contributed by atoms with Crippen LogP contribution in [0.1, 0.15) is 27.2 Å². The van der Waals surface area contributed by atoms with Crippen molar-refractivity contribution in [2.75, 3.05) is 20.6 Å². The highest BCUT2D eigenvalue weighted by molar-refractivity contribution is 5.79. The van der Waals surface area contributed by atoms with Gasteiger partial charge in [-0.25, -0.2) is 0 Å². The van der Waals surface area contributed by atoms with Crippen molar-refractivity contribution in [1.82, 2.24) is 10.2 Å². The first-order valence-electron chi connectivity index (χ1n) is 4.95. The summed E-state index contributed by atoms with van der Waals surface area (Å²) in [6.07, 6.45) is 0.900. The van der Waals surface area contributed by atoms with Gasteiger partial charge in [-0.05, 0) is 27.3 Å². The van der Waals surface area contributed by atoms with E-state index in [0.29, 0.717) is 6.04 Å². The molecule has 0 aromatic rings. The van der Waals surface area contributed by atoms with Crippen molar-refractivity contribution >= 4 is 5.91 Å². The first-order chi connectivity index (χ1) is 6.04. The van der Waals surface area contributed by atoms with Crippen molar-refractivity contribution in [3.05, 3.63) is 0 Å². The van der Waals surface area contributed by atoms with Gasteiger partial charge in [-0.2, -0.15) is 0 Å². The van der Waals surface area contributed by atoms with Gasteiger partial charge in [0.2, 0.25) is 5.91 Å². The largest absolute Gasteiger partial charge is 0.343 e. The van der Waals surface area contributed by atoms with Crippen LogP contribution in [0.5, 0.6) is 0 Å². The average Bonchev–Trinajstić information content (AvgIpc) is 2.11. The standard InChI is InChI=1S/C10H22N2O/c1-6-9(7-11-4)10(13)12(5)8(2)3/h8-9,11H,6-7H2,1-5H3. The Balaban J connectivity index is 4.19. The van der Waals surface area contributed by atoms with E-state index in [1.54, 1.807) is 0 Å². The molecule has 13 heavy (non-hydrogen) atoms. The maximum absolute atomic E-state index is 11.8. The number of carbonyl (C=O) groups excluding carboxylic acids is 1. The summed E-state index contributed by atoms with van der Waals surface area (Å²) in [6.45, 7) is 6.88. The summed E-state index contributed by atoms with van der Waals surface area (Å²) in [5.41, 5.74) is 0. The fraction of sp³-hybridized carbons (Fsp3) is 0.900. The lowest BCUT2D eigenvalue weighted by molar-refractivity contribution is -0.135. The van der Waals surface area contributed by atoms with Gasteiger partial charge in [0.05, 0.1) is 5.92 Å². The van der Waals surface area contributed by atoms with Crippen molar-refractivity contribution in [2.24, 2.45) is 5.92 Å². The van der Waals surface area contributed by atoms with Gasteiger partial charge < -0.3 is 10.2 Å². The van der Waals surface area contributed by atoms with Crippen LogP contribution >= 0.6 is 0 Å². The van der Waals surface area contributed by atoms with Crippen LogP contribution in [0.4, 0.5) is 0 Å². The Morgan fingerprint density at radius 2 is 2.00 bits per heavy atom. The van der Waals surface area contributed by atoms with E-state index in [4.69, 9.17) is 0 Å². The summed E-state index contributed by atoms with van der Waals surface area (Å²) in [6, 6.07) is 0.290. The second-order valence-electron chi connectivity index (χ2n) is 3.71. The molecule has 1 N–H and O–H groups in total. The van der Waals surface area contributed by atoms with Crippen LogP contribution in [0.15, 0.2) is 0 Å². The third-order valence-corrected chi connectivity index (χ3v) is 2.41. The van der Waals surface area contributed by atoms with E-state index in [0.717, 1.165) is 13.0 Å². The maximum Gasteiger partial charge on any atom is 0.226 e. The molecule has 0 saturated heterocycles. The SMILES string of the molecule is CCC(CNC)C(=O)N(C)C(C)C.